The van der Waals surface area contributed by atoms with Crippen molar-refractivity contribution in [2.45, 2.75) is 13.8 Å². The Morgan fingerprint density at radius 1 is 1.06 bits per heavy atom. The first-order valence-electron chi connectivity index (χ1n) is 5.18. The van der Waals surface area contributed by atoms with Crippen LogP contribution in [0.5, 0.6) is 0 Å². The lowest BCUT2D eigenvalue weighted by atomic mass is 10.1. The molecule has 4 heteroatoms. The van der Waals surface area contributed by atoms with E-state index in [0.717, 1.165) is 5.56 Å². The molecule has 2 nitrogen and oxygen atoms in total. The largest absolute Gasteiger partial charge is 0.397 e. The van der Waals surface area contributed by atoms with Gasteiger partial charge >= 0.3 is 0 Å². The van der Waals surface area contributed by atoms with E-state index in [1.54, 1.807) is 13.0 Å². The third-order valence-electron chi connectivity index (χ3n) is 2.70. The topological polar surface area (TPSA) is 38.9 Å². The molecule has 0 fully saturated rings. The van der Waals surface area contributed by atoms with Crippen LogP contribution in [0.3, 0.4) is 0 Å². The zero-order valence-corrected chi connectivity index (χ0v) is 9.59. The van der Waals surface area contributed by atoms with Crippen molar-refractivity contribution in [1.82, 2.24) is 4.98 Å². The van der Waals surface area contributed by atoms with Gasteiger partial charge in [0.2, 0.25) is 0 Å². The number of nitrogen functional groups attached to an aromatic ring is 1. The van der Waals surface area contributed by atoms with Gasteiger partial charge in [-0.15, -0.1) is 0 Å². The van der Waals surface area contributed by atoms with E-state index in [1.165, 1.54) is 25.3 Å². The average Bonchev–Trinajstić information content (AvgIpc) is 2.30. The highest BCUT2D eigenvalue weighted by Gasteiger charge is 2.13. The number of pyridine rings is 1. The minimum Gasteiger partial charge on any atom is -0.397 e. The van der Waals surface area contributed by atoms with Crippen molar-refractivity contribution in [2.75, 3.05) is 5.73 Å². The number of anilines is 1. The molecule has 1 aromatic carbocycles. The van der Waals surface area contributed by atoms with Gasteiger partial charge in [0.1, 0.15) is 0 Å². The predicted octanol–water partition coefficient (Wildman–Crippen LogP) is 3.23. The van der Waals surface area contributed by atoms with Gasteiger partial charge < -0.3 is 5.73 Å². The molecule has 0 amide bonds. The van der Waals surface area contributed by atoms with Gasteiger partial charge in [-0.25, -0.2) is 8.78 Å². The van der Waals surface area contributed by atoms with Crippen molar-refractivity contribution in [1.29, 1.82) is 0 Å². The second kappa shape index (κ2) is 4.13. The average molecular weight is 234 g/mol. The van der Waals surface area contributed by atoms with Crippen molar-refractivity contribution in [3.63, 3.8) is 0 Å². The molecule has 1 heterocycles. The first-order valence-corrected chi connectivity index (χ1v) is 5.18. The zero-order chi connectivity index (χ0) is 12.6. The minimum atomic E-state index is -0.873. The van der Waals surface area contributed by atoms with Gasteiger partial charge in [0.15, 0.2) is 11.6 Å². The smallest absolute Gasteiger partial charge is 0.168 e. The van der Waals surface area contributed by atoms with Gasteiger partial charge in [0.25, 0.3) is 0 Å². The fourth-order valence-electron chi connectivity index (χ4n) is 1.56. The molecular weight excluding hydrogens is 222 g/mol. The molecule has 17 heavy (non-hydrogen) atoms. The van der Waals surface area contributed by atoms with Gasteiger partial charge in [-0.2, -0.15) is 0 Å². The number of benzene rings is 1. The van der Waals surface area contributed by atoms with Gasteiger partial charge in [0, 0.05) is 5.56 Å². The monoisotopic (exact) mass is 234 g/mol. The van der Waals surface area contributed by atoms with Crippen LogP contribution < -0.4 is 5.73 Å². The van der Waals surface area contributed by atoms with Crippen LogP contribution >= 0.6 is 0 Å². The summed E-state index contributed by atoms with van der Waals surface area (Å²) < 4.78 is 27.2. The van der Waals surface area contributed by atoms with Crippen molar-refractivity contribution in [3.05, 3.63) is 47.2 Å². The van der Waals surface area contributed by atoms with Crippen LogP contribution in [0.4, 0.5) is 14.5 Å². The molecule has 0 bridgehead atoms. The number of rotatable bonds is 1. The summed E-state index contributed by atoms with van der Waals surface area (Å²) in [5.74, 6) is -1.71. The Morgan fingerprint density at radius 3 is 2.41 bits per heavy atom. The van der Waals surface area contributed by atoms with E-state index < -0.39 is 11.6 Å². The van der Waals surface area contributed by atoms with Crippen LogP contribution in [0, 0.1) is 25.5 Å². The second-order valence-electron chi connectivity index (χ2n) is 3.98. The summed E-state index contributed by atoms with van der Waals surface area (Å²) in [6, 6.07) is 4.69. The SMILES string of the molecule is Cc1cc(-c2ccc(C)c(F)c2F)ncc1N. The molecule has 0 saturated heterocycles. The maximum Gasteiger partial charge on any atom is 0.168 e. The molecule has 0 spiro atoms. The molecular formula is C13H12F2N2. The Balaban J connectivity index is 2.61. The quantitative estimate of drug-likeness (QED) is 0.822. The lowest BCUT2D eigenvalue weighted by Crippen LogP contribution is -1.97. The molecule has 1 aromatic heterocycles. The molecule has 0 atom stereocenters. The van der Waals surface area contributed by atoms with E-state index in [-0.39, 0.29) is 11.1 Å². The van der Waals surface area contributed by atoms with Crippen molar-refractivity contribution < 1.29 is 8.78 Å². The van der Waals surface area contributed by atoms with E-state index in [1.807, 2.05) is 0 Å². The van der Waals surface area contributed by atoms with Gasteiger partial charge in [-0.05, 0) is 37.1 Å². The molecule has 0 radical (unpaired) electrons. The molecule has 0 aliphatic rings. The van der Waals surface area contributed by atoms with E-state index in [4.69, 9.17) is 5.73 Å². The normalized spacial score (nSPS) is 10.6. The summed E-state index contributed by atoms with van der Waals surface area (Å²) in [6.45, 7) is 3.31. The molecule has 2 aromatic rings. The lowest BCUT2D eigenvalue weighted by molar-refractivity contribution is 0.505. The summed E-state index contributed by atoms with van der Waals surface area (Å²) in [4.78, 5) is 4.01. The van der Waals surface area contributed by atoms with Crippen LogP contribution in [0.1, 0.15) is 11.1 Å². The highest BCUT2D eigenvalue weighted by Crippen LogP contribution is 2.26. The summed E-state index contributed by atoms with van der Waals surface area (Å²) in [6.07, 6.45) is 1.45. The van der Waals surface area contributed by atoms with Crippen molar-refractivity contribution in [3.8, 4) is 11.3 Å². The fraction of sp³-hybridized carbons (Fsp3) is 0.154. The molecule has 0 unspecified atom stereocenters. The number of aryl methyl sites for hydroxylation is 2. The van der Waals surface area contributed by atoms with Gasteiger partial charge in [0.05, 0.1) is 17.6 Å². The number of hydrogen-bond acceptors (Lipinski definition) is 2. The van der Waals surface area contributed by atoms with Gasteiger partial charge in [-0.1, -0.05) is 6.07 Å². The van der Waals surface area contributed by atoms with Crippen molar-refractivity contribution >= 4 is 5.69 Å². The van der Waals surface area contributed by atoms with E-state index in [0.29, 0.717) is 11.4 Å². The first kappa shape index (κ1) is 11.5. The number of hydrogen-bond donors (Lipinski definition) is 1. The minimum absolute atomic E-state index is 0.149. The zero-order valence-electron chi connectivity index (χ0n) is 9.59. The Hall–Kier alpha value is -1.97. The van der Waals surface area contributed by atoms with Crippen LogP contribution in [-0.2, 0) is 0 Å². The number of halogens is 2. The highest BCUT2D eigenvalue weighted by molar-refractivity contribution is 5.64. The standard InChI is InChI=1S/C13H12F2N2/c1-7-3-4-9(13(15)12(7)14)11-5-8(2)10(16)6-17-11/h3-6H,16H2,1-2H3. The first-order chi connectivity index (χ1) is 8.00. The summed E-state index contributed by atoms with van der Waals surface area (Å²) >= 11 is 0. The Bertz CT molecular complexity index is 580. The maximum absolute atomic E-state index is 13.7. The third kappa shape index (κ3) is 1.98. The second-order valence-corrected chi connectivity index (χ2v) is 3.98. The Labute approximate surface area is 98.1 Å². The number of nitrogens with zero attached hydrogens (tertiary/aromatic N) is 1. The van der Waals surface area contributed by atoms with Gasteiger partial charge in [-0.3, -0.25) is 4.98 Å². The number of nitrogens with two attached hydrogens (primary N) is 1. The Kier molecular flexibility index (Phi) is 2.79. The highest BCUT2D eigenvalue weighted by atomic mass is 19.2. The van der Waals surface area contributed by atoms with E-state index in [2.05, 4.69) is 4.98 Å². The summed E-state index contributed by atoms with van der Waals surface area (Å²) in [5, 5.41) is 0. The molecule has 2 N–H and O–H groups in total. The maximum atomic E-state index is 13.7. The van der Waals surface area contributed by atoms with Crippen LogP contribution in [0.25, 0.3) is 11.3 Å². The molecule has 88 valence electrons. The molecule has 0 aliphatic carbocycles. The van der Waals surface area contributed by atoms with Crippen molar-refractivity contribution in [2.24, 2.45) is 0 Å². The third-order valence-corrected chi connectivity index (χ3v) is 2.70. The van der Waals surface area contributed by atoms with E-state index >= 15 is 0 Å². The number of aromatic nitrogens is 1. The van der Waals surface area contributed by atoms with Crippen LogP contribution in [-0.4, -0.2) is 4.98 Å². The molecule has 2 rings (SSSR count). The van der Waals surface area contributed by atoms with Crippen LogP contribution in [0.2, 0.25) is 0 Å². The summed E-state index contributed by atoms with van der Waals surface area (Å²) in [7, 11) is 0. The molecule has 0 saturated carbocycles. The van der Waals surface area contributed by atoms with E-state index in [9.17, 15) is 8.78 Å². The fourth-order valence-corrected chi connectivity index (χ4v) is 1.56. The Morgan fingerprint density at radius 2 is 1.76 bits per heavy atom. The lowest BCUT2D eigenvalue weighted by Gasteiger charge is -2.07. The summed E-state index contributed by atoms with van der Waals surface area (Å²) in [5.41, 5.74) is 7.75. The molecule has 0 aliphatic heterocycles. The van der Waals surface area contributed by atoms with Crippen LogP contribution in [0.15, 0.2) is 24.4 Å². The predicted molar refractivity (Wildman–Crippen MR) is 63.5 cm³/mol.